The van der Waals surface area contributed by atoms with E-state index in [1.807, 2.05) is 55.4 Å². The number of hydrogen-bond donors (Lipinski definition) is 3. The lowest BCUT2D eigenvalue weighted by molar-refractivity contribution is -0.123. The second kappa shape index (κ2) is 10.7. The predicted molar refractivity (Wildman–Crippen MR) is 135 cm³/mol. The van der Waals surface area contributed by atoms with Gasteiger partial charge in [0.05, 0.1) is 17.4 Å². The molecule has 34 heavy (non-hydrogen) atoms. The summed E-state index contributed by atoms with van der Waals surface area (Å²) in [4.78, 5) is 23.6. The maximum absolute atomic E-state index is 12.0. The molecule has 4 aromatic rings. The van der Waals surface area contributed by atoms with Crippen LogP contribution in [0.15, 0.2) is 54.9 Å². The molecule has 1 amide bonds. The molecule has 2 aromatic heterocycles. The molecule has 0 aliphatic rings. The maximum atomic E-state index is 12.0. The van der Waals surface area contributed by atoms with E-state index in [0.717, 1.165) is 40.7 Å². The number of nitrogens with one attached hydrogen (secondary N) is 3. The third-order valence-corrected chi connectivity index (χ3v) is 5.27. The van der Waals surface area contributed by atoms with E-state index in [9.17, 15) is 4.79 Å². The quantitative estimate of drug-likeness (QED) is 0.306. The number of hydrogen-bond acceptors (Lipinski definition) is 7. The zero-order chi connectivity index (χ0) is 23.9. The van der Waals surface area contributed by atoms with Gasteiger partial charge in [0.15, 0.2) is 12.4 Å². The number of unbranched alkanes of at least 4 members (excludes halogenated alkanes) is 1. The van der Waals surface area contributed by atoms with Gasteiger partial charge in [-0.05, 0) is 36.8 Å². The molecule has 2 aromatic carbocycles. The summed E-state index contributed by atoms with van der Waals surface area (Å²) in [5, 5.41) is 13.9. The molecular formula is C25H29N7O2. The van der Waals surface area contributed by atoms with Gasteiger partial charge in [-0.25, -0.2) is 9.97 Å². The van der Waals surface area contributed by atoms with Crippen LogP contribution in [-0.4, -0.2) is 53.3 Å². The smallest absolute Gasteiger partial charge is 0.257 e. The summed E-state index contributed by atoms with van der Waals surface area (Å²) in [6.45, 7) is 2.71. The van der Waals surface area contributed by atoms with Crippen molar-refractivity contribution in [2.45, 2.75) is 19.8 Å². The van der Waals surface area contributed by atoms with E-state index in [1.54, 1.807) is 12.4 Å². The van der Waals surface area contributed by atoms with Crippen LogP contribution in [0.25, 0.3) is 22.3 Å². The van der Waals surface area contributed by atoms with Crippen molar-refractivity contribution in [2.24, 2.45) is 0 Å². The molecule has 9 nitrogen and oxygen atoms in total. The van der Waals surface area contributed by atoms with E-state index in [1.165, 1.54) is 0 Å². The summed E-state index contributed by atoms with van der Waals surface area (Å²) in [6, 6.07) is 13.5. The van der Waals surface area contributed by atoms with Crippen LogP contribution in [0.2, 0.25) is 0 Å². The van der Waals surface area contributed by atoms with Crippen molar-refractivity contribution in [1.82, 2.24) is 25.5 Å². The first-order chi connectivity index (χ1) is 16.5. The van der Waals surface area contributed by atoms with Crippen LogP contribution >= 0.6 is 0 Å². The highest BCUT2D eigenvalue weighted by Gasteiger charge is 2.13. The van der Waals surface area contributed by atoms with E-state index < -0.39 is 0 Å². The van der Waals surface area contributed by atoms with Gasteiger partial charge in [-0.1, -0.05) is 25.5 Å². The van der Waals surface area contributed by atoms with Crippen molar-refractivity contribution in [3.63, 3.8) is 0 Å². The number of fused-ring (bicyclic) bond motifs is 1. The number of rotatable bonds is 10. The van der Waals surface area contributed by atoms with Crippen LogP contribution in [0.5, 0.6) is 5.75 Å². The monoisotopic (exact) mass is 459 g/mol. The molecule has 0 atom stereocenters. The number of aromatic amines is 1. The summed E-state index contributed by atoms with van der Waals surface area (Å²) < 4.78 is 5.70. The van der Waals surface area contributed by atoms with Crippen LogP contribution in [0.1, 0.15) is 19.8 Å². The summed E-state index contributed by atoms with van der Waals surface area (Å²) in [6.07, 6.45) is 5.45. The minimum absolute atomic E-state index is 0.0354. The van der Waals surface area contributed by atoms with Gasteiger partial charge in [-0.2, -0.15) is 5.10 Å². The number of aromatic nitrogens is 4. The molecular weight excluding hydrogens is 430 g/mol. The normalized spacial score (nSPS) is 10.8. The van der Waals surface area contributed by atoms with Gasteiger partial charge in [0.2, 0.25) is 0 Å². The highest BCUT2D eigenvalue weighted by Crippen LogP contribution is 2.31. The number of anilines is 3. The minimum Gasteiger partial charge on any atom is -0.484 e. The Hall–Kier alpha value is -4.14. The van der Waals surface area contributed by atoms with Gasteiger partial charge < -0.3 is 20.3 Å². The Morgan fingerprint density at radius 3 is 2.79 bits per heavy atom. The van der Waals surface area contributed by atoms with Crippen LogP contribution in [0.3, 0.4) is 0 Å². The van der Waals surface area contributed by atoms with Crippen molar-refractivity contribution in [3.8, 4) is 17.1 Å². The van der Waals surface area contributed by atoms with E-state index in [4.69, 9.17) is 14.7 Å². The number of nitrogens with zero attached hydrogens (tertiary/aromatic N) is 4. The Morgan fingerprint density at radius 1 is 1.15 bits per heavy atom. The zero-order valence-electron chi connectivity index (χ0n) is 19.6. The Labute approximate surface area is 198 Å². The molecule has 0 saturated carbocycles. The van der Waals surface area contributed by atoms with Crippen molar-refractivity contribution in [1.29, 1.82) is 0 Å². The highest BCUT2D eigenvalue weighted by molar-refractivity contribution is 5.94. The van der Waals surface area contributed by atoms with Gasteiger partial charge in [-0.15, -0.1) is 0 Å². The molecule has 0 saturated heterocycles. The number of carbonyl (C=O) groups excluding carboxylic acids is 1. The summed E-state index contributed by atoms with van der Waals surface area (Å²) in [5.41, 5.74) is 3.44. The van der Waals surface area contributed by atoms with E-state index in [-0.39, 0.29) is 12.5 Å². The lowest BCUT2D eigenvalue weighted by Gasteiger charge is -2.15. The molecule has 4 rings (SSSR count). The molecule has 3 N–H and O–H groups in total. The lowest BCUT2D eigenvalue weighted by atomic mass is 10.1. The first-order valence-electron chi connectivity index (χ1n) is 11.3. The van der Waals surface area contributed by atoms with Gasteiger partial charge >= 0.3 is 0 Å². The minimum atomic E-state index is -0.135. The Bertz CT molecular complexity index is 1260. The van der Waals surface area contributed by atoms with Gasteiger partial charge in [-0.3, -0.25) is 9.89 Å². The van der Waals surface area contributed by atoms with Gasteiger partial charge in [0.1, 0.15) is 11.6 Å². The number of ether oxygens (including phenoxy) is 1. The standard InChI is InChI=1S/C25H29N7O2/c1-4-5-11-26-23(33)16-34-20-8-6-7-17(12-20)24-30-22-10-9-19(32(2)3)13-21(22)25(31-24)29-18-14-27-28-15-18/h6-10,12-15H,4-5,11,16H2,1-3H3,(H,26,33)(H,27,28)(H,29,30,31). The SMILES string of the molecule is CCCCNC(=O)COc1cccc(-c2nc(Nc3cn[nH]c3)c3cc(N(C)C)ccc3n2)c1. The first kappa shape index (κ1) is 23.0. The topological polar surface area (TPSA) is 108 Å². The fourth-order valence-electron chi connectivity index (χ4n) is 3.40. The molecule has 0 bridgehead atoms. The largest absolute Gasteiger partial charge is 0.484 e. The van der Waals surface area contributed by atoms with Crippen LogP contribution in [-0.2, 0) is 4.79 Å². The van der Waals surface area contributed by atoms with Gasteiger partial charge in [0.25, 0.3) is 5.91 Å². The fraction of sp³-hybridized carbons (Fsp3) is 0.280. The molecule has 9 heteroatoms. The third-order valence-electron chi connectivity index (χ3n) is 5.27. The van der Waals surface area contributed by atoms with Crippen molar-refractivity contribution < 1.29 is 9.53 Å². The Morgan fingerprint density at radius 2 is 2.03 bits per heavy atom. The molecule has 0 spiro atoms. The van der Waals surface area contributed by atoms with E-state index >= 15 is 0 Å². The average molecular weight is 460 g/mol. The molecule has 0 radical (unpaired) electrons. The Kier molecular flexibility index (Phi) is 7.22. The third kappa shape index (κ3) is 5.61. The molecule has 0 aliphatic heterocycles. The van der Waals surface area contributed by atoms with Crippen LogP contribution < -0.4 is 20.3 Å². The highest BCUT2D eigenvalue weighted by atomic mass is 16.5. The molecule has 0 aliphatic carbocycles. The number of benzene rings is 2. The average Bonchev–Trinajstić information content (AvgIpc) is 3.36. The fourth-order valence-corrected chi connectivity index (χ4v) is 3.40. The van der Waals surface area contributed by atoms with Crippen molar-refractivity contribution >= 4 is 34.0 Å². The number of H-pyrrole nitrogens is 1. The molecule has 176 valence electrons. The van der Waals surface area contributed by atoms with E-state index in [2.05, 4.69) is 33.8 Å². The number of amides is 1. The van der Waals surface area contributed by atoms with E-state index in [0.29, 0.717) is 23.9 Å². The molecule has 0 fully saturated rings. The number of carbonyl (C=O) groups is 1. The van der Waals surface area contributed by atoms with Crippen LogP contribution in [0.4, 0.5) is 17.2 Å². The van der Waals surface area contributed by atoms with Crippen LogP contribution in [0, 0.1) is 0 Å². The summed E-state index contributed by atoms with van der Waals surface area (Å²) in [7, 11) is 3.99. The predicted octanol–water partition coefficient (Wildman–Crippen LogP) is 4.12. The molecule has 2 heterocycles. The summed E-state index contributed by atoms with van der Waals surface area (Å²) in [5.74, 6) is 1.67. The van der Waals surface area contributed by atoms with Crippen molar-refractivity contribution in [2.75, 3.05) is 37.5 Å². The second-order valence-electron chi connectivity index (χ2n) is 8.12. The second-order valence-corrected chi connectivity index (χ2v) is 8.12. The molecule has 0 unspecified atom stereocenters. The summed E-state index contributed by atoms with van der Waals surface area (Å²) >= 11 is 0. The van der Waals surface area contributed by atoms with Gasteiger partial charge in [0, 0.05) is 43.5 Å². The van der Waals surface area contributed by atoms with Crippen molar-refractivity contribution in [3.05, 3.63) is 54.9 Å². The maximum Gasteiger partial charge on any atom is 0.257 e. The first-order valence-corrected chi connectivity index (χ1v) is 11.3. The lowest BCUT2D eigenvalue weighted by Crippen LogP contribution is -2.29. The zero-order valence-corrected chi connectivity index (χ0v) is 19.6. The Balaban J connectivity index is 1.63.